The van der Waals surface area contributed by atoms with E-state index in [0.29, 0.717) is 0 Å². The van der Waals surface area contributed by atoms with Gasteiger partial charge in [-0.1, -0.05) is 31.7 Å². The lowest BCUT2D eigenvalue weighted by molar-refractivity contribution is 0.578. The highest BCUT2D eigenvalue weighted by atomic mass is 28.3. The summed E-state index contributed by atoms with van der Waals surface area (Å²) >= 11 is 0. The molecule has 0 radical (unpaired) electrons. The molecule has 0 spiro atoms. The van der Waals surface area contributed by atoms with Crippen molar-refractivity contribution in [3.8, 4) is 5.75 Å². The summed E-state index contributed by atoms with van der Waals surface area (Å²) in [7, 11) is -1.02. The summed E-state index contributed by atoms with van der Waals surface area (Å²) in [5.74, 6) is 1.00. The first-order chi connectivity index (χ1) is 6.67. The standard InChI is InChI=1S/C12H18OSi/c1-5-10-7-8-11(6-2)12(9-10)13-14(3)4/h6-9,14H,2,5H2,1,3-4H3. The molecule has 0 heterocycles. The van der Waals surface area contributed by atoms with E-state index in [9.17, 15) is 0 Å². The average Bonchev–Trinajstić information content (AvgIpc) is 2.16. The summed E-state index contributed by atoms with van der Waals surface area (Å²) in [6, 6.07) is 6.34. The first kappa shape index (κ1) is 11.1. The van der Waals surface area contributed by atoms with Crippen molar-refractivity contribution in [2.24, 2.45) is 0 Å². The Labute approximate surface area is 88.1 Å². The first-order valence-corrected chi connectivity index (χ1v) is 7.87. The predicted molar refractivity (Wildman–Crippen MR) is 65.4 cm³/mol. The number of benzene rings is 1. The largest absolute Gasteiger partial charge is 0.547 e. The summed E-state index contributed by atoms with van der Waals surface area (Å²) in [5, 5.41) is 0. The van der Waals surface area contributed by atoms with Gasteiger partial charge in [-0.3, -0.25) is 0 Å². The zero-order valence-electron chi connectivity index (χ0n) is 9.21. The zero-order valence-corrected chi connectivity index (χ0v) is 10.4. The lowest BCUT2D eigenvalue weighted by Gasteiger charge is -2.13. The van der Waals surface area contributed by atoms with E-state index in [1.165, 1.54) is 5.56 Å². The molecule has 0 N–H and O–H groups in total. The van der Waals surface area contributed by atoms with Gasteiger partial charge in [-0.15, -0.1) is 0 Å². The monoisotopic (exact) mass is 206 g/mol. The molecule has 0 aliphatic rings. The third kappa shape index (κ3) is 2.74. The Bertz CT molecular complexity index is 318. The van der Waals surface area contributed by atoms with Gasteiger partial charge in [0.15, 0.2) is 0 Å². The second-order valence-electron chi connectivity index (χ2n) is 3.60. The van der Waals surface area contributed by atoms with E-state index in [1.54, 1.807) is 0 Å². The highest BCUT2D eigenvalue weighted by Gasteiger charge is 2.04. The van der Waals surface area contributed by atoms with Crippen molar-refractivity contribution < 1.29 is 4.43 Å². The van der Waals surface area contributed by atoms with Gasteiger partial charge in [0.05, 0.1) is 0 Å². The number of aryl methyl sites for hydroxylation is 1. The molecule has 1 aromatic carbocycles. The highest BCUT2D eigenvalue weighted by Crippen LogP contribution is 2.22. The normalized spacial score (nSPS) is 10.3. The van der Waals surface area contributed by atoms with Gasteiger partial charge >= 0.3 is 0 Å². The van der Waals surface area contributed by atoms with E-state index in [2.05, 4.69) is 44.8 Å². The van der Waals surface area contributed by atoms with Crippen molar-refractivity contribution in [1.82, 2.24) is 0 Å². The quantitative estimate of drug-likeness (QED) is 0.687. The Balaban J connectivity index is 3.01. The fourth-order valence-electron chi connectivity index (χ4n) is 1.32. The highest BCUT2D eigenvalue weighted by molar-refractivity contribution is 6.49. The molecule has 0 atom stereocenters. The minimum absolute atomic E-state index is 1.00. The molecule has 2 heteroatoms. The number of hydrogen-bond donors (Lipinski definition) is 0. The van der Waals surface area contributed by atoms with E-state index in [4.69, 9.17) is 4.43 Å². The van der Waals surface area contributed by atoms with E-state index < -0.39 is 9.04 Å². The van der Waals surface area contributed by atoms with Gasteiger partial charge in [0.25, 0.3) is 0 Å². The van der Waals surface area contributed by atoms with Gasteiger partial charge in [0, 0.05) is 5.56 Å². The minimum Gasteiger partial charge on any atom is -0.547 e. The van der Waals surface area contributed by atoms with Crippen LogP contribution in [0.15, 0.2) is 24.8 Å². The Hall–Kier alpha value is -1.02. The van der Waals surface area contributed by atoms with E-state index in [-0.39, 0.29) is 0 Å². The number of rotatable bonds is 4. The van der Waals surface area contributed by atoms with Crippen molar-refractivity contribution in [3.05, 3.63) is 35.9 Å². The van der Waals surface area contributed by atoms with E-state index in [1.807, 2.05) is 6.08 Å². The summed E-state index contributed by atoms with van der Waals surface area (Å²) in [5.41, 5.74) is 2.42. The predicted octanol–water partition coefficient (Wildman–Crippen LogP) is 3.25. The lowest BCUT2D eigenvalue weighted by Crippen LogP contribution is -2.12. The Morgan fingerprint density at radius 2 is 2.14 bits per heavy atom. The topological polar surface area (TPSA) is 9.23 Å². The van der Waals surface area contributed by atoms with Crippen LogP contribution in [0.1, 0.15) is 18.1 Å². The first-order valence-electron chi connectivity index (χ1n) is 5.09. The second kappa shape index (κ2) is 5.01. The molecule has 76 valence electrons. The van der Waals surface area contributed by atoms with Gasteiger partial charge < -0.3 is 4.43 Å². The molecule has 0 aliphatic carbocycles. The van der Waals surface area contributed by atoms with Crippen LogP contribution in [0.3, 0.4) is 0 Å². The van der Waals surface area contributed by atoms with Crippen molar-refractivity contribution in [2.45, 2.75) is 26.4 Å². The Morgan fingerprint density at radius 1 is 1.43 bits per heavy atom. The fraction of sp³-hybridized carbons (Fsp3) is 0.333. The fourth-order valence-corrected chi connectivity index (χ4v) is 2.04. The van der Waals surface area contributed by atoms with Gasteiger partial charge in [0.1, 0.15) is 5.75 Å². The molecular formula is C12H18OSi. The molecule has 14 heavy (non-hydrogen) atoms. The van der Waals surface area contributed by atoms with Crippen LogP contribution in [-0.2, 0) is 6.42 Å². The molecule has 0 aliphatic heterocycles. The van der Waals surface area contributed by atoms with Crippen molar-refractivity contribution >= 4 is 15.1 Å². The molecule has 1 aromatic rings. The average molecular weight is 206 g/mol. The third-order valence-electron chi connectivity index (χ3n) is 2.07. The summed E-state index contributed by atoms with van der Waals surface area (Å²) in [6.07, 6.45) is 2.90. The maximum absolute atomic E-state index is 5.85. The van der Waals surface area contributed by atoms with Crippen LogP contribution in [0, 0.1) is 0 Å². The van der Waals surface area contributed by atoms with Gasteiger partial charge in [-0.25, -0.2) is 0 Å². The van der Waals surface area contributed by atoms with Gasteiger partial charge in [-0.05, 0) is 31.1 Å². The SMILES string of the molecule is C=Cc1ccc(CC)cc1O[SiH](C)C. The van der Waals surface area contributed by atoms with E-state index in [0.717, 1.165) is 17.7 Å². The minimum atomic E-state index is -1.02. The molecular weight excluding hydrogens is 188 g/mol. The molecule has 0 unspecified atom stereocenters. The van der Waals surface area contributed by atoms with Crippen LogP contribution in [0.25, 0.3) is 6.08 Å². The van der Waals surface area contributed by atoms with E-state index >= 15 is 0 Å². The Kier molecular flexibility index (Phi) is 3.95. The molecule has 0 fully saturated rings. The zero-order chi connectivity index (χ0) is 10.6. The lowest BCUT2D eigenvalue weighted by atomic mass is 10.1. The van der Waals surface area contributed by atoms with Crippen LogP contribution < -0.4 is 4.43 Å². The van der Waals surface area contributed by atoms with Crippen molar-refractivity contribution in [2.75, 3.05) is 0 Å². The van der Waals surface area contributed by atoms with Crippen molar-refractivity contribution in [3.63, 3.8) is 0 Å². The van der Waals surface area contributed by atoms with Crippen LogP contribution in [-0.4, -0.2) is 9.04 Å². The van der Waals surface area contributed by atoms with Crippen LogP contribution in [0.2, 0.25) is 13.1 Å². The molecule has 0 bridgehead atoms. The summed E-state index contributed by atoms with van der Waals surface area (Å²) in [4.78, 5) is 0. The maximum atomic E-state index is 5.85. The van der Waals surface area contributed by atoms with Gasteiger partial charge in [-0.2, -0.15) is 0 Å². The van der Waals surface area contributed by atoms with Crippen LogP contribution in [0.4, 0.5) is 0 Å². The second-order valence-corrected chi connectivity index (χ2v) is 5.93. The van der Waals surface area contributed by atoms with Crippen molar-refractivity contribution in [1.29, 1.82) is 0 Å². The maximum Gasteiger partial charge on any atom is 0.229 e. The molecule has 0 amide bonds. The molecule has 0 aromatic heterocycles. The molecule has 0 saturated carbocycles. The smallest absolute Gasteiger partial charge is 0.229 e. The van der Waals surface area contributed by atoms with Gasteiger partial charge in [0.2, 0.25) is 9.04 Å². The third-order valence-corrected chi connectivity index (χ3v) is 2.79. The van der Waals surface area contributed by atoms with Crippen LogP contribution >= 0.6 is 0 Å². The molecule has 0 saturated heterocycles. The Morgan fingerprint density at radius 3 is 2.64 bits per heavy atom. The molecule has 1 rings (SSSR count). The van der Waals surface area contributed by atoms with Crippen LogP contribution in [0.5, 0.6) is 5.75 Å². The molecule has 1 nitrogen and oxygen atoms in total. The summed E-state index contributed by atoms with van der Waals surface area (Å²) in [6.45, 7) is 10.3. The summed E-state index contributed by atoms with van der Waals surface area (Å²) < 4.78 is 5.85. The number of hydrogen-bond acceptors (Lipinski definition) is 1.